The Morgan fingerprint density at radius 2 is 1.12 bits per heavy atom. The highest BCUT2D eigenvalue weighted by molar-refractivity contribution is 6.02. The summed E-state index contributed by atoms with van der Waals surface area (Å²) >= 11 is 0. The van der Waals surface area contributed by atoms with E-state index in [1.807, 2.05) is 60.7 Å². The highest BCUT2D eigenvalue weighted by atomic mass is 16.6. The zero-order chi connectivity index (χ0) is 23.9. The highest BCUT2D eigenvalue weighted by Crippen LogP contribution is 2.05. The number of rotatable bonds is 9. The second-order valence-electron chi connectivity index (χ2n) is 6.54. The molecule has 0 saturated heterocycles. The van der Waals surface area contributed by atoms with Crippen molar-refractivity contribution in [2.45, 2.75) is 6.42 Å². The van der Waals surface area contributed by atoms with Crippen LogP contribution in [-0.4, -0.2) is 23.9 Å². The standard InChI is InChI=1S/C27H22O6/c1-21(27(31)33-25(29)19-11-9-17-23-14-6-3-7-15-23)20-26(30)32-24(28)18-10-8-16-22-12-4-2-5-13-22/h2-19H,1,20H2. The summed E-state index contributed by atoms with van der Waals surface area (Å²) in [5.41, 5.74) is 1.57. The molecule has 0 aliphatic heterocycles. The van der Waals surface area contributed by atoms with Crippen molar-refractivity contribution in [2.75, 3.05) is 0 Å². The third-order valence-corrected chi connectivity index (χ3v) is 3.92. The maximum Gasteiger partial charge on any atom is 0.341 e. The average molecular weight is 442 g/mol. The van der Waals surface area contributed by atoms with E-state index in [-0.39, 0.29) is 5.57 Å². The topological polar surface area (TPSA) is 86.7 Å². The summed E-state index contributed by atoms with van der Waals surface area (Å²) in [6.07, 6.45) is 11.1. The smallest absolute Gasteiger partial charge is 0.341 e. The minimum Gasteiger partial charge on any atom is -0.390 e. The minimum atomic E-state index is -1.08. The van der Waals surface area contributed by atoms with Gasteiger partial charge in [0.2, 0.25) is 0 Å². The normalized spacial score (nSPS) is 11.3. The molecule has 0 aliphatic carbocycles. The molecule has 0 radical (unpaired) electrons. The Kier molecular flexibility index (Phi) is 10.2. The molecule has 6 nitrogen and oxygen atoms in total. The van der Waals surface area contributed by atoms with Crippen LogP contribution < -0.4 is 0 Å². The summed E-state index contributed by atoms with van der Waals surface area (Å²) in [7, 11) is 0. The van der Waals surface area contributed by atoms with Gasteiger partial charge in [-0.1, -0.05) is 104 Å². The van der Waals surface area contributed by atoms with Crippen molar-refractivity contribution in [3.05, 3.63) is 120 Å². The Morgan fingerprint density at radius 3 is 1.61 bits per heavy atom. The summed E-state index contributed by atoms with van der Waals surface area (Å²) in [6, 6.07) is 18.8. The van der Waals surface area contributed by atoms with Crippen molar-refractivity contribution in [1.29, 1.82) is 0 Å². The van der Waals surface area contributed by atoms with Crippen LogP contribution in [0.25, 0.3) is 12.2 Å². The van der Waals surface area contributed by atoms with Crippen molar-refractivity contribution in [3.8, 4) is 0 Å². The molecular weight excluding hydrogens is 420 g/mol. The van der Waals surface area contributed by atoms with Crippen LogP contribution in [0.15, 0.2) is 109 Å². The first-order chi connectivity index (χ1) is 15.9. The lowest BCUT2D eigenvalue weighted by Crippen LogP contribution is -2.17. The Bertz CT molecular complexity index is 1110. The molecule has 0 aliphatic rings. The molecule has 166 valence electrons. The van der Waals surface area contributed by atoms with Crippen molar-refractivity contribution in [3.63, 3.8) is 0 Å². The SMILES string of the molecule is C=C(CC(=O)OC(=O)C=CC=Cc1ccccc1)C(=O)OC(=O)C=CC=Cc1ccccc1. The van der Waals surface area contributed by atoms with E-state index in [0.717, 1.165) is 23.3 Å². The predicted molar refractivity (Wildman–Crippen MR) is 125 cm³/mol. The van der Waals surface area contributed by atoms with Gasteiger partial charge in [-0.05, 0) is 11.1 Å². The lowest BCUT2D eigenvalue weighted by molar-refractivity contribution is -0.159. The summed E-state index contributed by atoms with van der Waals surface area (Å²) in [4.78, 5) is 47.0. The van der Waals surface area contributed by atoms with Crippen molar-refractivity contribution >= 4 is 36.0 Å². The van der Waals surface area contributed by atoms with E-state index >= 15 is 0 Å². The molecule has 0 aromatic heterocycles. The van der Waals surface area contributed by atoms with Gasteiger partial charge >= 0.3 is 23.9 Å². The average Bonchev–Trinajstić information content (AvgIpc) is 2.81. The third kappa shape index (κ3) is 10.3. The van der Waals surface area contributed by atoms with E-state index in [1.54, 1.807) is 24.3 Å². The molecule has 0 spiro atoms. The number of allylic oxidation sites excluding steroid dienone is 4. The largest absolute Gasteiger partial charge is 0.390 e. The molecule has 0 N–H and O–H groups in total. The van der Waals surface area contributed by atoms with Gasteiger partial charge in [-0.3, -0.25) is 4.79 Å². The maximum absolute atomic E-state index is 11.9. The van der Waals surface area contributed by atoms with Crippen LogP contribution in [0.5, 0.6) is 0 Å². The van der Waals surface area contributed by atoms with E-state index in [4.69, 9.17) is 0 Å². The molecule has 2 rings (SSSR count). The maximum atomic E-state index is 11.9. The summed E-state index contributed by atoms with van der Waals surface area (Å²) < 4.78 is 9.15. The lowest BCUT2D eigenvalue weighted by Gasteiger charge is -2.03. The number of benzene rings is 2. The molecule has 0 heterocycles. The molecule has 0 fully saturated rings. The first-order valence-electron chi connectivity index (χ1n) is 9.92. The second kappa shape index (κ2) is 13.7. The molecule has 0 atom stereocenters. The van der Waals surface area contributed by atoms with Gasteiger partial charge in [-0.25, -0.2) is 14.4 Å². The van der Waals surface area contributed by atoms with Crippen LogP contribution in [-0.2, 0) is 28.7 Å². The molecule has 6 heteroatoms. The zero-order valence-corrected chi connectivity index (χ0v) is 17.8. The number of carbonyl (C=O) groups excluding carboxylic acids is 4. The van der Waals surface area contributed by atoms with Crippen molar-refractivity contribution in [1.82, 2.24) is 0 Å². The van der Waals surface area contributed by atoms with Crippen molar-refractivity contribution in [2.24, 2.45) is 0 Å². The fourth-order valence-corrected chi connectivity index (χ4v) is 2.36. The number of esters is 4. The molecule has 2 aromatic carbocycles. The van der Waals surface area contributed by atoms with Crippen molar-refractivity contribution < 1.29 is 28.7 Å². The van der Waals surface area contributed by atoms with Gasteiger partial charge in [-0.15, -0.1) is 0 Å². The van der Waals surface area contributed by atoms with Gasteiger partial charge in [-0.2, -0.15) is 0 Å². The first-order valence-corrected chi connectivity index (χ1v) is 9.92. The monoisotopic (exact) mass is 442 g/mol. The number of ether oxygens (including phenoxy) is 2. The molecule has 0 bridgehead atoms. The van der Waals surface area contributed by atoms with Crippen LogP contribution >= 0.6 is 0 Å². The van der Waals surface area contributed by atoms with E-state index in [9.17, 15) is 19.2 Å². The van der Waals surface area contributed by atoms with Crippen LogP contribution in [0.4, 0.5) is 0 Å². The number of hydrogen-bond donors (Lipinski definition) is 0. The Balaban J connectivity index is 1.72. The van der Waals surface area contributed by atoms with Crippen LogP contribution in [0.3, 0.4) is 0 Å². The molecule has 33 heavy (non-hydrogen) atoms. The van der Waals surface area contributed by atoms with E-state index in [2.05, 4.69) is 16.1 Å². The fraction of sp³-hybridized carbons (Fsp3) is 0.0370. The van der Waals surface area contributed by atoms with Gasteiger partial charge in [0, 0.05) is 17.7 Å². The van der Waals surface area contributed by atoms with E-state index < -0.39 is 30.3 Å². The lowest BCUT2D eigenvalue weighted by atomic mass is 10.2. The third-order valence-electron chi connectivity index (χ3n) is 3.92. The highest BCUT2D eigenvalue weighted by Gasteiger charge is 2.17. The molecular formula is C27H22O6. The summed E-state index contributed by atoms with van der Waals surface area (Å²) in [5.74, 6) is -3.89. The van der Waals surface area contributed by atoms with Crippen LogP contribution in [0.1, 0.15) is 17.5 Å². The van der Waals surface area contributed by atoms with Gasteiger partial charge < -0.3 is 9.47 Å². The minimum absolute atomic E-state index is 0.317. The Morgan fingerprint density at radius 1 is 0.667 bits per heavy atom. The first kappa shape index (κ1) is 24.7. The molecule has 0 amide bonds. The predicted octanol–water partition coefficient (Wildman–Crippen LogP) is 4.61. The van der Waals surface area contributed by atoms with Gasteiger partial charge in [0.1, 0.15) is 0 Å². The molecule has 2 aromatic rings. The number of hydrogen-bond acceptors (Lipinski definition) is 6. The molecule has 0 unspecified atom stereocenters. The van der Waals surface area contributed by atoms with Gasteiger partial charge in [0.25, 0.3) is 0 Å². The van der Waals surface area contributed by atoms with Crippen LogP contribution in [0, 0.1) is 0 Å². The molecule has 0 saturated carbocycles. The summed E-state index contributed by atoms with van der Waals surface area (Å²) in [5, 5.41) is 0. The fourth-order valence-electron chi connectivity index (χ4n) is 2.36. The summed E-state index contributed by atoms with van der Waals surface area (Å²) in [6.45, 7) is 3.39. The second-order valence-corrected chi connectivity index (χ2v) is 6.54. The quantitative estimate of drug-likeness (QED) is 0.244. The van der Waals surface area contributed by atoms with E-state index in [0.29, 0.717) is 0 Å². The van der Waals surface area contributed by atoms with Crippen LogP contribution in [0.2, 0.25) is 0 Å². The number of carbonyl (C=O) groups is 4. The van der Waals surface area contributed by atoms with Gasteiger partial charge in [0.05, 0.1) is 6.42 Å². The Labute approximate surface area is 191 Å². The van der Waals surface area contributed by atoms with Gasteiger partial charge in [0.15, 0.2) is 0 Å². The van der Waals surface area contributed by atoms with E-state index in [1.165, 1.54) is 12.2 Å². The Hall–Kier alpha value is -4.58. The zero-order valence-electron chi connectivity index (χ0n) is 17.8.